The molecule has 5 heteroatoms. The highest BCUT2D eigenvalue weighted by atomic mass is 32.1. The molecule has 0 amide bonds. The standard InChI is InChI=1S/C18H24N2O2S/c1-14-5-3-4-6-16(14)9-18(12-21)11-20(7-8-22-18)10-17-15(2)19-13-23-17/h3-6,13,21H,7-12H2,1-2H3. The van der Waals surface area contributed by atoms with Crippen molar-refractivity contribution in [2.75, 3.05) is 26.3 Å². The third-order valence-electron chi connectivity index (χ3n) is 4.60. The molecule has 0 radical (unpaired) electrons. The van der Waals surface area contributed by atoms with E-state index in [0.717, 1.165) is 31.7 Å². The molecule has 3 rings (SSSR count). The van der Waals surface area contributed by atoms with Gasteiger partial charge in [0.15, 0.2) is 0 Å². The maximum absolute atomic E-state index is 10.0. The van der Waals surface area contributed by atoms with Gasteiger partial charge in [-0.2, -0.15) is 0 Å². The highest BCUT2D eigenvalue weighted by Gasteiger charge is 2.37. The molecule has 2 heterocycles. The molecule has 23 heavy (non-hydrogen) atoms. The monoisotopic (exact) mass is 332 g/mol. The van der Waals surface area contributed by atoms with E-state index in [1.807, 2.05) is 11.6 Å². The van der Waals surface area contributed by atoms with Crippen molar-refractivity contribution in [1.82, 2.24) is 9.88 Å². The molecule has 1 atom stereocenters. The number of rotatable bonds is 5. The van der Waals surface area contributed by atoms with Gasteiger partial charge in [0, 0.05) is 30.9 Å². The first-order chi connectivity index (χ1) is 11.1. The van der Waals surface area contributed by atoms with Crippen molar-refractivity contribution in [3.8, 4) is 0 Å². The fourth-order valence-electron chi connectivity index (χ4n) is 3.15. The Bertz CT molecular complexity index is 658. The fraction of sp³-hybridized carbons (Fsp3) is 0.500. The molecule has 1 saturated heterocycles. The molecule has 1 fully saturated rings. The molecule has 1 aromatic heterocycles. The maximum Gasteiger partial charge on any atom is 0.108 e. The first-order valence-corrected chi connectivity index (χ1v) is 8.90. The smallest absolute Gasteiger partial charge is 0.108 e. The van der Waals surface area contributed by atoms with Crippen molar-refractivity contribution >= 4 is 11.3 Å². The van der Waals surface area contributed by atoms with E-state index in [1.54, 1.807) is 11.3 Å². The zero-order chi connectivity index (χ0) is 16.3. The van der Waals surface area contributed by atoms with Crippen LogP contribution < -0.4 is 0 Å². The SMILES string of the molecule is Cc1ccccc1CC1(CO)CN(Cc2scnc2C)CCO1. The molecule has 0 aliphatic carbocycles. The third kappa shape index (κ3) is 3.80. The van der Waals surface area contributed by atoms with Crippen molar-refractivity contribution in [3.05, 3.63) is 51.5 Å². The van der Waals surface area contributed by atoms with E-state index in [4.69, 9.17) is 4.74 Å². The first kappa shape index (κ1) is 16.6. The molecule has 1 N–H and O–H groups in total. The van der Waals surface area contributed by atoms with Gasteiger partial charge in [-0.25, -0.2) is 4.98 Å². The fourth-order valence-corrected chi connectivity index (χ4v) is 3.97. The van der Waals surface area contributed by atoms with Gasteiger partial charge in [0.25, 0.3) is 0 Å². The van der Waals surface area contributed by atoms with Crippen LogP contribution in [0.3, 0.4) is 0 Å². The lowest BCUT2D eigenvalue weighted by Crippen LogP contribution is -2.55. The quantitative estimate of drug-likeness (QED) is 0.914. The number of aryl methyl sites for hydroxylation is 2. The van der Waals surface area contributed by atoms with Crippen molar-refractivity contribution in [2.45, 2.75) is 32.4 Å². The number of aliphatic hydroxyl groups is 1. The summed E-state index contributed by atoms with van der Waals surface area (Å²) in [5.41, 5.74) is 4.99. The Morgan fingerprint density at radius 3 is 2.87 bits per heavy atom. The normalized spacial score (nSPS) is 22.4. The van der Waals surface area contributed by atoms with Gasteiger partial charge < -0.3 is 9.84 Å². The van der Waals surface area contributed by atoms with Crippen LogP contribution in [0.1, 0.15) is 21.7 Å². The second-order valence-corrected chi connectivity index (χ2v) is 7.30. The lowest BCUT2D eigenvalue weighted by molar-refractivity contribution is -0.134. The summed E-state index contributed by atoms with van der Waals surface area (Å²) in [4.78, 5) is 8.00. The second-order valence-electron chi connectivity index (χ2n) is 6.36. The predicted octanol–water partition coefficient (Wildman–Crippen LogP) is 2.57. The van der Waals surface area contributed by atoms with Gasteiger partial charge in [0.1, 0.15) is 5.60 Å². The van der Waals surface area contributed by atoms with Gasteiger partial charge in [0.2, 0.25) is 0 Å². The Morgan fingerprint density at radius 2 is 2.17 bits per heavy atom. The zero-order valence-corrected chi connectivity index (χ0v) is 14.6. The average Bonchev–Trinajstić information content (AvgIpc) is 2.95. The van der Waals surface area contributed by atoms with Gasteiger partial charge in [0.05, 0.1) is 24.4 Å². The molecule has 0 bridgehead atoms. The molecular formula is C18H24N2O2S. The van der Waals surface area contributed by atoms with Crippen LogP contribution in [-0.2, 0) is 17.7 Å². The lowest BCUT2D eigenvalue weighted by Gasteiger charge is -2.42. The van der Waals surface area contributed by atoms with E-state index in [0.29, 0.717) is 6.61 Å². The highest BCUT2D eigenvalue weighted by molar-refractivity contribution is 7.09. The number of ether oxygens (including phenoxy) is 1. The summed E-state index contributed by atoms with van der Waals surface area (Å²) >= 11 is 1.70. The molecule has 1 aliphatic heterocycles. The van der Waals surface area contributed by atoms with E-state index >= 15 is 0 Å². The number of hydrogen-bond donors (Lipinski definition) is 1. The Hall–Kier alpha value is -1.27. The van der Waals surface area contributed by atoms with Gasteiger partial charge in [-0.1, -0.05) is 24.3 Å². The number of morpholine rings is 1. The molecule has 0 saturated carbocycles. The zero-order valence-electron chi connectivity index (χ0n) is 13.8. The van der Waals surface area contributed by atoms with E-state index in [1.165, 1.54) is 16.0 Å². The van der Waals surface area contributed by atoms with Crippen LogP contribution in [0.25, 0.3) is 0 Å². The summed E-state index contributed by atoms with van der Waals surface area (Å²) < 4.78 is 6.05. The Balaban J connectivity index is 1.74. The van der Waals surface area contributed by atoms with Crippen LogP contribution in [-0.4, -0.2) is 46.9 Å². The number of aromatic nitrogens is 1. The third-order valence-corrected chi connectivity index (χ3v) is 5.52. The topological polar surface area (TPSA) is 45.6 Å². The molecule has 4 nitrogen and oxygen atoms in total. The molecule has 124 valence electrons. The predicted molar refractivity (Wildman–Crippen MR) is 92.8 cm³/mol. The summed E-state index contributed by atoms with van der Waals surface area (Å²) in [5, 5.41) is 10.0. The van der Waals surface area contributed by atoms with Crippen LogP contribution in [0, 0.1) is 13.8 Å². The average molecular weight is 332 g/mol. The van der Waals surface area contributed by atoms with Crippen molar-refractivity contribution in [2.24, 2.45) is 0 Å². The van der Waals surface area contributed by atoms with Gasteiger partial charge >= 0.3 is 0 Å². The number of aliphatic hydroxyl groups excluding tert-OH is 1. The number of hydrogen-bond acceptors (Lipinski definition) is 5. The largest absolute Gasteiger partial charge is 0.393 e. The summed E-state index contributed by atoms with van der Waals surface area (Å²) in [6.07, 6.45) is 0.744. The number of nitrogens with zero attached hydrogens (tertiary/aromatic N) is 2. The van der Waals surface area contributed by atoms with Crippen molar-refractivity contribution < 1.29 is 9.84 Å². The van der Waals surface area contributed by atoms with Crippen molar-refractivity contribution in [1.29, 1.82) is 0 Å². The summed E-state index contributed by atoms with van der Waals surface area (Å²) in [5.74, 6) is 0. The molecule has 1 unspecified atom stereocenters. The molecule has 2 aromatic rings. The highest BCUT2D eigenvalue weighted by Crippen LogP contribution is 2.26. The van der Waals surface area contributed by atoms with Crippen LogP contribution in [0.15, 0.2) is 29.8 Å². The van der Waals surface area contributed by atoms with Gasteiger partial charge in [-0.15, -0.1) is 11.3 Å². The molecule has 1 aliphatic rings. The molecule has 0 spiro atoms. The van der Waals surface area contributed by atoms with Crippen LogP contribution in [0.4, 0.5) is 0 Å². The summed E-state index contributed by atoms with van der Waals surface area (Å²) in [7, 11) is 0. The Morgan fingerprint density at radius 1 is 1.35 bits per heavy atom. The van der Waals surface area contributed by atoms with E-state index in [2.05, 4.69) is 41.9 Å². The first-order valence-electron chi connectivity index (χ1n) is 8.02. The van der Waals surface area contributed by atoms with Crippen LogP contribution >= 0.6 is 11.3 Å². The van der Waals surface area contributed by atoms with E-state index < -0.39 is 5.60 Å². The van der Waals surface area contributed by atoms with Gasteiger partial charge in [-0.05, 0) is 25.0 Å². The van der Waals surface area contributed by atoms with E-state index in [-0.39, 0.29) is 6.61 Å². The van der Waals surface area contributed by atoms with Crippen LogP contribution in [0.2, 0.25) is 0 Å². The summed E-state index contributed by atoms with van der Waals surface area (Å²) in [6.45, 7) is 7.39. The molecular weight excluding hydrogens is 308 g/mol. The number of benzene rings is 1. The number of thiazole rings is 1. The lowest BCUT2D eigenvalue weighted by atomic mass is 9.91. The van der Waals surface area contributed by atoms with E-state index in [9.17, 15) is 5.11 Å². The van der Waals surface area contributed by atoms with Gasteiger partial charge in [-0.3, -0.25) is 4.90 Å². The minimum Gasteiger partial charge on any atom is -0.393 e. The minimum absolute atomic E-state index is 0.0412. The molecule has 1 aromatic carbocycles. The summed E-state index contributed by atoms with van der Waals surface area (Å²) in [6, 6.07) is 8.34. The maximum atomic E-state index is 10.0. The minimum atomic E-state index is -0.511. The Kier molecular flexibility index (Phi) is 5.11. The Labute approximate surface area is 141 Å². The second kappa shape index (κ2) is 7.09. The van der Waals surface area contributed by atoms with Crippen LogP contribution in [0.5, 0.6) is 0 Å². The van der Waals surface area contributed by atoms with Crippen molar-refractivity contribution in [3.63, 3.8) is 0 Å².